The zero-order chi connectivity index (χ0) is 19.7. The SMILES string of the molecule is CC(C)(C)c1cc(CNC(=O)c2ccccc2Cl)cc(C(C)(C)C)c1O. The molecule has 0 saturated heterocycles. The van der Waals surface area contributed by atoms with Crippen molar-refractivity contribution in [3.8, 4) is 5.75 Å². The predicted octanol–water partition coefficient (Wildman–Crippen LogP) is 5.57. The molecule has 1 amide bonds. The van der Waals surface area contributed by atoms with E-state index in [0.29, 0.717) is 22.9 Å². The fourth-order valence-corrected chi connectivity index (χ4v) is 3.08. The van der Waals surface area contributed by atoms with Crippen LogP contribution < -0.4 is 5.32 Å². The average Bonchev–Trinajstić information content (AvgIpc) is 2.51. The van der Waals surface area contributed by atoms with E-state index in [4.69, 9.17) is 11.6 Å². The quantitative estimate of drug-likeness (QED) is 0.738. The van der Waals surface area contributed by atoms with Crippen LogP contribution in [0.15, 0.2) is 36.4 Å². The molecule has 0 radical (unpaired) electrons. The van der Waals surface area contributed by atoms with Gasteiger partial charge in [-0.15, -0.1) is 0 Å². The Kier molecular flexibility index (Phi) is 5.72. The maximum atomic E-state index is 12.4. The average molecular weight is 374 g/mol. The number of phenolic OH excluding ortho intramolecular Hbond substituents is 1. The number of amides is 1. The van der Waals surface area contributed by atoms with E-state index in [1.807, 2.05) is 12.1 Å². The number of hydrogen-bond donors (Lipinski definition) is 2. The molecule has 0 unspecified atom stereocenters. The number of hydrogen-bond acceptors (Lipinski definition) is 2. The van der Waals surface area contributed by atoms with Gasteiger partial charge in [-0.1, -0.05) is 65.3 Å². The Morgan fingerprint density at radius 3 is 1.96 bits per heavy atom. The highest BCUT2D eigenvalue weighted by Gasteiger charge is 2.26. The van der Waals surface area contributed by atoms with Crippen LogP contribution in [0.25, 0.3) is 0 Å². The monoisotopic (exact) mass is 373 g/mol. The second-order valence-electron chi connectivity index (χ2n) is 8.70. The Labute approximate surface area is 161 Å². The fraction of sp³-hybridized carbons (Fsp3) is 0.409. The molecule has 0 heterocycles. The number of carbonyl (C=O) groups is 1. The van der Waals surface area contributed by atoms with Crippen LogP contribution >= 0.6 is 11.6 Å². The minimum absolute atomic E-state index is 0.202. The van der Waals surface area contributed by atoms with Gasteiger partial charge < -0.3 is 10.4 Å². The summed E-state index contributed by atoms with van der Waals surface area (Å²) in [4.78, 5) is 12.4. The van der Waals surface area contributed by atoms with E-state index in [2.05, 4.69) is 46.9 Å². The highest BCUT2D eigenvalue weighted by atomic mass is 35.5. The molecule has 26 heavy (non-hydrogen) atoms. The molecule has 0 bridgehead atoms. The first kappa shape index (κ1) is 20.3. The normalized spacial score (nSPS) is 12.1. The molecule has 2 aromatic carbocycles. The number of aromatic hydroxyl groups is 1. The van der Waals surface area contributed by atoms with Crippen LogP contribution in [-0.4, -0.2) is 11.0 Å². The van der Waals surface area contributed by atoms with E-state index in [9.17, 15) is 9.90 Å². The number of rotatable bonds is 3. The minimum atomic E-state index is -0.210. The third-order valence-electron chi connectivity index (χ3n) is 4.36. The number of halogens is 1. The summed E-state index contributed by atoms with van der Waals surface area (Å²) in [6.07, 6.45) is 0. The number of benzene rings is 2. The Morgan fingerprint density at radius 2 is 1.50 bits per heavy atom. The summed E-state index contributed by atoms with van der Waals surface area (Å²) in [5, 5.41) is 14.1. The second-order valence-corrected chi connectivity index (χ2v) is 9.11. The molecule has 3 nitrogen and oxygen atoms in total. The summed E-state index contributed by atoms with van der Waals surface area (Å²) in [5.41, 5.74) is 2.77. The summed E-state index contributed by atoms with van der Waals surface area (Å²) in [6, 6.07) is 10.9. The standard InChI is InChI=1S/C22H28ClNO2/c1-21(2,3)16-11-14(12-17(19(16)25)22(4,5)6)13-24-20(26)15-9-7-8-10-18(15)23/h7-12,25H,13H2,1-6H3,(H,24,26). The Morgan fingerprint density at radius 1 is 1.00 bits per heavy atom. The van der Waals surface area contributed by atoms with Crippen LogP contribution in [0.2, 0.25) is 5.02 Å². The molecule has 2 aromatic rings. The lowest BCUT2D eigenvalue weighted by Gasteiger charge is -2.28. The van der Waals surface area contributed by atoms with E-state index in [1.165, 1.54) is 0 Å². The van der Waals surface area contributed by atoms with E-state index in [-0.39, 0.29) is 16.7 Å². The van der Waals surface area contributed by atoms with Gasteiger partial charge in [-0.2, -0.15) is 0 Å². The van der Waals surface area contributed by atoms with Gasteiger partial charge in [0.05, 0.1) is 10.6 Å². The molecule has 0 aliphatic rings. The molecule has 0 aliphatic heterocycles. The molecular formula is C22H28ClNO2. The molecule has 0 fully saturated rings. The first-order valence-corrected chi connectivity index (χ1v) is 9.18. The van der Waals surface area contributed by atoms with Crippen molar-refractivity contribution < 1.29 is 9.90 Å². The van der Waals surface area contributed by atoms with Gasteiger partial charge in [-0.25, -0.2) is 0 Å². The highest BCUT2D eigenvalue weighted by molar-refractivity contribution is 6.33. The van der Waals surface area contributed by atoms with Gasteiger partial charge in [0.2, 0.25) is 0 Å². The van der Waals surface area contributed by atoms with E-state index >= 15 is 0 Å². The van der Waals surface area contributed by atoms with Gasteiger partial charge in [0.25, 0.3) is 5.91 Å². The van der Waals surface area contributed by atoms with Crippen LogP contribution in [0.5, 0.6) is 5.75 Å². The molecule has 0 aromatic heterocycles. The van der Waals surface area contributed by atoms with Gasteiger partial charge in [0.15, 0.2) is 0 Å². The van der Waals surface area contributed by atoms with Crippen LogP contribution in [0, 0.1) is 0 Å². The Hall–Kier alpha value is -2.00. The Balaban J connectivity index is 2.35. The van der Waals surface area contributed by atoms with Gasteiger partial charge in [-0.05, 0) is 51.8 Å². The van der Waals surface area contributed by atoms with Crippen molar-refractivity contribution in [2.45, 2.75) is 58.9 Å². The molecule has 0 spiro atoms. The summed E-state index contributed by atoms with van der Waals surface area (Å²) < 4.78 is 0. The van der Waals surface area contributed by atoms with Crippen molar-refractivity contribution in [3.05, 3.63) is 63.7 Å². The van der Waals surface area contributed by atoms with Crippen molar-refractivity contribution in [1.82, 2.24) is 5.32 Å². The number of carbonyl (C=O) groups excluding carboxylic acids is 1. The van der Waals surface area contributed by atoms with Gasteiger partial charge >= 0.3 is 0 Å². The number of phenols is 1. The lowest BCUT2D eigenvalue weighted by molar-refractivity contribution is 0.0951. The van der Waals surface area contributed by atoms with Crippen LogP contribution in [0.4, 0.5) is 0 Å². The predicted molar refractivity (Wildman–Crippen MR) is 108 cm³/mol. The van der Waals surface area contributed by atoms with Crippen molar-refractivity contribution >= 4 is 17.5 Å². The van der Waals surface area contributed by atoms with Crippen molar-refractivity contribution in [3.63, 3.8) is 0 Å². The van der Waals surface area contributed by atoms with Gasteiger partial charge in [0.1, 0.15) is 5.75 Å². The van der Waals surface area contributed by atoms with Crippen molar-refractivity contribution in [2.24, 2.45) is 0 Å². The summed E-state index contributed by atoms with van der Waals surface area (Å²) >= 11 is 6.10. The molecule has 2 N–H and O–H groups in total. The molecule has 4 heteroatoms. The molecule has 0 atom stereocenters. The summed E-state index contributed by atoms with van der Waals surface area (Å²) in [6.45, 7) is 12.8. The first-order chi connectivity index (χ1) is 11.9. The fourth-order valence-electron chi connectivity index (χ4n) is 2.86. The third kappa shape index (κ3) is 4.59. The topological polar surface area (TPSA) is 49.3 Å². The lowest BCUT2D eigenvalue weighted by atomic mass is 9.78. The molecular weight excluding hydrogens is 346 g/mol. The van der Waals surface area contributed by atoms with E-state index in [1.54, 1.807) is 24.3 Å². The van der Waals surface area contributed by atoms with E-state index < -0.39 is 0 Å². The lowest BCUT2D eigenvalue weighted by Crippen LogP contribution is -2.24. The molecule has 2 rings (SSSR count). The zero-order valence-corrected chi connectivity index (χ0v) is 17.2. The largest absolute Gasteiger partial charge is 0.507 e. The van der Waals surface area contributed by atoms with Crippen molar-refractivity contribution in [2.75, 3.05) is 0 Å². The highest BCUT2D eigenvalue weighted by Crippen LogP contribution is 2.39. The first-order valence-electron chi connectivity index (χ1n) is 8.81. The zero-order valence-electron chi connectivity index (χ0n) is 16.4. The van der Waals surface area contributed by atoms with Crippen LogP contribution in [0.3, 0.4) is 0 Å². The summed E-state index contributed by atoms with van der Waals surface area (Å²) in [7, 11) is 0. The second kappa shape index (κ2) is 7.32. The molecule has 0 aliphatic carbocycles. The Bertz CT molecular complexity index is 779. The minimum Gasteiger partial charge on any atom is -0.507 e. The van der Waals surface area contributed by atoms with Crippen LogP contribution in [0.1, 0.15) is 68.6 Å². The maximum absolute atomic E-state index is 12.4. The molecule has 0 saturated carbocycles. The van der Waals surface area contributed by atoms with E-state index in [0.717, 1.165) is 16.7 Å². The van der Waals surface area contributed by atoms with Gasteiger partial charge in [-0.3, -0.25) is 4.79 Å². The third-order valence-corrected chi connectivity index (χ3v) is 4.69. The summed E-state index contributed by atoms with van der Waals surface area (Å²) in [5.74, 6) is 0.129. The van der Waals surface area contributed by atoms with Gasteiger partial charge in [0, 0.05) is 6.54 Å². The number of nitrogens with one attached hydrogen (secondary N) is 1. The molecule has 140 valence electrons. The smallest absolute Gasteiger partial charge is 0.253 e. The maximum Gasteiger partial charge on any atom is 0.253 e. The van der Waals surface area contributed by atoms with Crippen LogP contribution in [-0.2, 0) is 17.4 Å². The van der Waals surface area contributed by atoms with Crippen molar-refractivity contribution in [1.29, 1.82) is 0 Å².